The van der Waals surface area contributed by atoms with E-state index in [1.807, 2.05) is 44.2 Å². The van der Waals surface area contributed by atoms with E-state index in [0.717, 1.165) is 28.0 Å². The number of carbonyl (C=O) groups is 2. The number of nitrogens with one attached hydrogen (secondary N) is 2. The Morgan fingerprint density at radius 1 is 1.11 bits per heavy atom. The Balaban J connectivity index is 1.97. The molecule has 0 saturated heterocycles. The number of methoxy groups -OCH3 is 1. The Morgan fingerprint density at radius 3 is 2.46 bits per heavy atom. The normalized spacial score (nSPS) is 10.9. The molecule has 0 fully saturated rings. The molecule has 2 N–H and O–H groups in total. The number of nitrogens with zero attached hydrogens (tertiary/aromatic N) is 1. The average Bonchev–Trinajstić information content (AvgIpc) is 2.64. The van der Waals surface area contributed by atoms with E-state index in [4.69, 9.17) is 4.74 Å². The van der Waals surface area contributed by atoms with Crippen LogP contribution in [0.3, 0.4) is 0 Å². The molecule has 148 valence electrons. The largest absolute Gasteiger partial charge is 0.496 e. The molecule has 28 heavy (non-hydrogen) atoms. The van der Waals surface area contributed by atoms with Crippen molar-refractivity contribution in [1.29, 1.82) is 0 Å². The summed E-state index contributed by atoms with van der Waals surface area (Å²) in [4.78, 5) is 24.0. The zero-order chi connectivity index (χ0) is 20.7. The predicted molar refractivity (Wildman–Crippen MR) is 112 cm³/mol. The van der Waals surface area contributed by atoms with E-state index in [1.165, 1.54) is 0 Å². The molecule has 0 unspecified atom stereocenters. The van der Waals surface area contributed by atoms with Crippen LogP contribution in [0, 0.1) is 13.8 Å². The molecule has 0 aliphatic carbocycles. The molecule has 6 heteroatoms. The van der Waals surface area contributed by atoms with Gasteiger partial charge in [0.1, 0.15) is 12.2 Å². The molecule has 0 heterocycles. The van der Waals surface area contributed by atoms with Gasteiger partial charge in [-0.2, -0.15) is 5.10 Å². The van der Waals surface area contributed by atoms with Gasteiger partial charge in [-0.05, 0) is 60.2 Å². The van der Waals surface area contributed by atoms with Gasteiger partial charge in [0, 0.05) is 5.69 Å². The lowest BCUT2D eigenvalue weighted by molar-refractivity contribution is -0.126. The van der Waals surface area contributed by atoms with Gasteiger partial charge in [0.05, 0.1) is 13.3 Å². The maximum Gasteiger partial charge on any atom is 0.249 e. The van der Waals surface area contributed by atoms with Gasteiger partial charge in [-0.1, -0.05) is 32.0 Å². The first-order chi connectivity index (χ1) is 13.3. The van der Waals surface area contributed by atoms with Crippen molar-refractivity contribution < 1.29 is 14.3 Å². The summed E-state index contributed by atoms with van der Waals surface area (Å²) in [5, 5.41) is 6.72. The molecule has 2 aromatic rings. The fourth-order valence-electron chi connectivity index (χ4n) is 2.75. The molecule has 2 aromatic carbocycles. The number of aryl methyl sites for hydroxylation is 2. The lowest BCUT2D eigenvalue weighted by atomic mass is 9.97. The van der Waals surface area contributed by atoms with Crippen molar-refractivity contribution in [2.24, 2.45) is 5.10 Å². The first-order valence-corrected chi connectivity index (χ1v) is 9.17. The average molecular weight is 381 g/mol. The van der Waals surface area contributed by atoms with Crippen molar-refractivity contribution in [3.05, 3.63) is 58.7 Å². The lowest BCUT2D eigenvalue weighted by Crippen LogP contribution is -2.24. The Kier molecular flexibility index (Phi) is 7.32. The molecule has 0 aliphatic heterocycles. The predicted octanol–water partition coefficient (Wildman–Crippen LogP) is 3.91. The van der Waals surface area contributed by atoms with Crippen molar-refractivity contribution in [1.82, 2.24) is 5.43 Å². The van der Waals surface area contributed by atoms with Crippen LogP contribution in [0.5, 0.6) is 5.75 Å². The Labute approximate surface area is 166 Å². The summed E-state index contributed by atoms with van der Waals surface area (Å²) in [5.41, 5.74) is 6.97. The molecule has 0 radical (unpaired) electrons. The second kappa shape index (κ2) is 9.69. The summed E-state index contributed by atoms with van der Waals surface area (Å²) >= 11 is 0. The SMILES string of the molecule is COc1cc(C)c(C=NNC(=O)CC(=O)Nc2ccccc2C)cc1C(C)C. The number of benzene rings is 2. The zero-order valence-electron chi connectivity index (χ0n) is 17.0. The van der Waals surface area contributed by atoms with Gasteiger partial charge in [-0.3, -0.25) is 9.59 Å². The summed E-state index contributed by atoms with van der Waals surface area (Å²) in [6.07, 6.45) is 1.28. The molecule has 0 atom stereocenters. The minimum Gasteiger partial charge on any atom is -0.496 e. The van der Waals surface area contributed by atoms with E-state index in [2.05, 4.69) is 29.7 Å². The number of rotatable bonds is 7. The third kappa shape index (κ3) is 5.67. The fraction of sp³-hybridized carbons (Fsp3) is 0.318. The van der Waals surface area contributed by atoms with E-state index in [9.17, 15) is 9.59 Å². The molecule has 0 aromatic heterocycles. The Morgan fingerprint density at radius 2 is 1.82 bits per heavy atom. The monoisotopic (exact) mass is 381 g/mol. The number of hydrazone groups is 1. The number of hydrogen-bond acceptors (Lipinski definition) is 4. The second-order valence-electron chi connectivity index (χ2n) is 6.94. The third-order valence-electron chi connectivity index (χ3n) is 4.37. The van der Waals surface area contributed by atoms with Crippen LogP contribution in [0.15, 0.2) is 41.5 Å². The molecule has 0 saturated carbocycles. The van der Waals surface area contributed by atoms with E-state index in [1.54, 1.807) is 19.4 Å². The van der Waals surface area contributed by atoms with Gasteiger partial charge in [0.2, 0.25) is 11.8 Å². The number of para-hydroxylation sites is 1. The number of anilines is 1. The van der Waals surface area contributed by atoms with Crippen LogP contribution in [-0.4, -0.2) is 25.1 Å². The molecule has 0 spiro atoms. The number of carbonyl (C=O) groups excluding carboxylic acids is 2. The van der Waals surface area contributed by atoms with Crippen molar-refractivity contribution in [2.45, 2.75) is 40.0 Å². The molecule has 6 nitrogen and oxygen atoms in total. The number of hydrogen-bond donors (Lipinski definition) is 2. The van der Waals surface area contributed by atoms with Crippen LogP contribution in [0.25, 0.3) is 0 Å². The summed E-state index contributed by atoms with van der Waals surface area (Å²) < 4.78 is 5.43. The van der Waals surface area contributed by atoms with Crippen LogP contribution in [-0.2, 0) is 9.59 Å². The van der Waals surface area contributed by atoms with Crippen LogP contribution in [0.2, 0.25) is 0 Å². The number of ether oxygens (including phenoxy) is 1. The summed E-state index contributed by atoms with van der Waals surface area (Å²) in [6.45, 7) is 8.01. The summed E-state index contributed by atoms with van der Waals surface area (Å²) in [5.74, 6) is 0.270. The zero-order valence-corrected chi connectivity index (χ0v) is 17.0. The Bertz CT molecular complexity index is 889. The fourth-order valence-corrected chi connectivity index (χ4v) is 2.75. The van der Waals surface area contributed by atoms with E-state index < -0.39 is 5.91 Å². The number of amides is 2. The third-order valence-corrected chi connectivity index (χ3v) is 4.37. The van der Waals surface area contributed by atoms with Crippen molar-refractivity contribution in [3.8, 4) is 5.75 Å². The van der Waals surface area contributed by atoms with E-state index in [-0.39, 0.29) is 12.3 Å². The minimum absolute atomic E-state index is 0.294. The van der Waals surface area contributed by atoms with Crippen molar-refractivity contribution in [2.75, 3.05) is 12.4 Å². The first-order valence-electron chi connectivity index (χ1n) is 9.17. The molecular formula is C22H27N3O3. The quantitative estimate of drug-likeness (QED) is 0.433. The van der Waals surface area contributed by atoms with E-state index in [0.29, 0.717) is 11.6 Å². The van der Waals surface area contributed by atoms with E-state index >= 15 is 0 Å². The van der Waals surface area contributed by atoms with Crippen LogP contribution in [0.4, 0.5) is 5.69 Å². The van der Waals surface area contributed by atoms with Crippen molar-refractivity contribution in [3.63, 3.8) is 0 Å². The van der Waals surface area contributed by atoms with Crippen LogP contribution < -0.4 is 15.5 Å². The van der Waals surface area contributed by atoms with Gasteiger partial charge >= 0.3 is 0 Å². The van der Waals surface area contributed by atoms with Gasteiger partial charge in [-0.25, -0.2) is 5.43 Å². The highest BCUT2D eigenvalue weighted by atomic mass is 16.5. The summed E-state index contributed by atoms with van der Waals surface area (Å²) in [7, 11) is 1.65. The van der Waals surface area contributed by atoms with Gasteiger partial charge in [-0.15, -0.1) is 0 Å². The second-order valence-corrected chi connectivity index (χ2v) is 6.94. The van der Waals surface area contributed by atoms with Gasteiger partial charge in [0.15, 0.2) is 0 Å². The standard InChI is InChI=1S/C22H27N3O3/c1-14(2)18-11-17(16(4)10-20(18)28-5)13-23-25-22(27)12-21(26)24-19-9-7-6-8-15(19)3/h6-11,13-14H,12H2,1-5H3,(H,24,26)(H,25,27). The highest BCUT2D eigenvalue weighted by molar-refractivity contribution is 6.04. The first kappa shape index (κ1) is 21.2. The van der Waals surface area contributed by atoms with Gasteiger partial charge in [0.25, 0.3) is 0 Å². The summed E-state index contributed by atoms with van der Waals surface area (Å²) in [6, 6.07) is 11.4. The molecule has 0 bridgehead atoms. The highest BCUT2D eigenvalue weighted by Crippen LogP contribution is 2.29. The van der Waals surface area contributed by atoms with Crippen molar-refractivity contribution >= 4 is 23.7 Å². The molecule has 2 rings (SSSR count). The highest BCUT2D eigenvalue weighted by Gasteiger charge is 2.12. The topological polar surface area (TPSA) is 79.8 Å². The molecular weight excluding hydrogens is 354 g/mol. The molecule has 2 amide bonds. The molecule has 0 aliphatic rings. The Hall–Kier alpha value is -3.15. The van der Waals surface area contributed by atoms with Crippen LogP contribution >= 0.6 is 0 Å². The maximum atomic E-state index is 12.0. The lowest BCUT2D eigenvalue weighted by Gasteiger charge is -2.14. The minimum atomic E-state index is -0.474. The smallest absolute Gasteiger partial charge is 0.249 e. The van der Waals surface area contributed by atoms with Crippen LogP contribution in [0.1, 0.15) is 48.4 Å². The van der Waals surface area contributed by atoms with Gasteiger partial charge < -0.3 is 10.1 Å². The maximum absolute atomic E-state index is 12.0.